The number of nitrogens with zero attached hydrogens (tertiary/aromatic N) is 3. The summed E-state index contributed by atoms with van der Waals surface area (Å²) in [6.07, 6.45) is 5.86. The number of urea groups is 1. The number of ether oxygens (including phenoxy) is 1. The molecule has 0 spiro atoms. The van der Waals surface area contributed by atoms with Crippen LogP contribution >= 0.6 is 0 Å². The van der Waals surface area contributed by atoms with Crippen LogP contribution in [0.15, 0.2) is 6.20 Å². The molecule has 0 unspecified atom stereocenters. The maximum Gasteiger partial charge on any atom is 0.317 e. The van der Waals surface area contributed by atoms with Gasteiger partial charge in [0.1, 0.15) is 0 Å². The summed E-state index contributed by atoms with van der Waals surface area (Å²) in [5.74, 6) is 0.0403. The first-order chi connectivity index (χ1) is 11.9. The number of methoxy groups -OCH3 is 1. The minimum atomic E-state index is -0.516. The summed E-state index contributed by atoms with van der Waals surface area (Å²) in [6, 6.07) is -0.244. The molecule has 1 aliphatic carbocycles. The highest BCUT2D eigenvalue weighted by Gasteiger charge is 2.54. The molecule has 0 radical (unpaired) electrons. The van der Waals surface area contributed by atoms with Crippen LogP contribution in [0.25, 0.3) is 0 Å². The fourth-order valence-corrected chi connectivity index (χ4v) is 4.55. The molecule has 1 aromatic rings. The Balaban J connectivity index is 1.71. The molecule has 0 aromatic carbocycles. The zero-order valence-corrected chi connectivity index (χ0v) is 15.5. The summed E-state index contributed by atoms with van der Waals surface area (Å²) >= 11 is 0. The summed E-state index contributed by atoms with van der Waals surface area (Å²) in [5, 5.41) is 7.39. The summed E-state index contributed by atoms with van der Waals surface area (Å²) in [4.78, 5) is 27.0. The van der Waals surface area contributed by atoms with Gasteiger partial charge in [-0.05, 0) is 32.6 Å². The van der Waals surface area contributed by atoms with Crippen molar-refractivity contribution in [2.45, 2.75) is 45.6 Å². The molecule has 1 aliphatic heterocycles. The third kappa shape index (κ3) is 3.12. The number of nitrogens with one attached hydrogen (secondary N) is 1. The highest BCUT2D eigenvalue weighted by Crippen LogP contribution is 2.47. The molecule has 2 heterocycles. The lowest BCUT2D eigenvalue weighted by atomic mass is 9.68. The number of likely N-dealkylation sites (tertiary alicyclic amines) is 1. The van der Waals surface area contributed by atoms with Crippen molar-refractivity contribution in [3.05, 3.63) is 17.5 Å². The van der Waals surface area contributed by atoms with Crippen LogP contribution in [-0.2, 0) is 16.6 Å². The first kappa shape index (κ1) is 17.8. The van der Waals surface area contributed by atoms with E-state index in [0.717, 1.165) is 36.9 Å². The Hall–Kier alpha value is -2.05. The van der Waals surface area contributed by atoms with Gasteiger partial charge in [0.05, 0.1) is 24.3 Å². The topological polar surface area (TPSA) is 76.5 Å². The van der Waals surface area contributed by atoms with Crippen LogP contribution in [0.4, 0.5) is 4.79 Å². The Bertz CT molecular complexity index is 671. The van der Waals surface area contributed by atoms with Gasteiger partial charge >= 0.3 is 12.0 Å². The van der Waals surface area contributed by atoms with Crippen LogP contribution < -0.4 is 5.32 Å². The molecule has 2 aliphatic rings. The Morgan fingerprint density at radius 2 is 2.20 bits per heavy atom. The average Bonchev–Trinajstić information content (AvgIpc) is 3.14. The van der Waals surface area contributed by atoms with Crippen molar-refractivity contribution in [3.8, 4) is 0 Å². The van der Waals surface area contributed by atoms with E-state index in [2.05, 4.69) is 10.4 Å². The summed E-state index contributed by atoms with van der Waals surface area (Å²) in [5.41, 5.74) is 1.41. The number of rotatable bonds is 3. The van der Waals surface area contributed by atoms with E-state index < -0.39 is 5.41 Å². The van der Waals surface area contributed by atoms with Gasteiger partial charge in [0.25, 0.3) is 0 Å². The SMILES string of the molecule is COC(=O)[C@@]12CCCC[C@@H]1CN(C(=O)N[C@H](C)c1cn(C)nc1C)C2. The van der Waals surface area contributed by atoms with Gasteiger partial charge in [-0.3, -0.25) is 9.48 Å². The average molecular weight is 348 g/mol. The molecule has 1 N–H and O–H groups in total. The molecular weight excluding hydrogens is 320 g/mol. The molecule has 7 heteroatoms. The number of hydrogen-bond donors (Lipinski definition) is 1. The molecular formula is C18H28N4O3. The third-order valence-electron chi connectivity index (χ3n) is 5.86. The lowest BCUT2D eigenvalue weighted by Crippen LogP contribution is -2.44. The van der Waals surface area contributed by atoms with Crippen LogP contribution in [0.3, 0.4) is 0 Å². The molecule has 25 heavy (non-hydrogen) atoms. The Morgan fingerprint density at radius 3 is 2.84 bits per heavy atom. The smallest absolute Gasteiger partial charge is 0.317 e. The maximum atomic E-state index is 12.8. The highest BCUT2D eigenvalue weighted by molar-refractivity contribution is 5.81. The quantitative estimate of drug-likeness (QED) is 0.849. The molecule has 3 atom stereocenters. The molecule has 7 nitrogen and oxygen atoms in total. The van der Waals surface area contributed by atoms with Gasteiger partial charge in [-0.25, -0.2) is 4.79 Å². The largest absolute Gasteiger partial charge is 0.469 e. The van der Waals surface area contributed by atoms with Crippen molar-refractivity contribution in [1.82, 2.24) is 20.0 Å². The second kappa shape index (κ2) is 6.69. The van der Waals surface area contributed by atoms with Crippen molar-refractivity contribution in [3.63, 3.8) is 0 Å². The standard InChI is InChI=1S/C18H28N4O3/c1-12(15-10-21(3)20-13(15)2)19-17(24)22-9-14-7-5-6-8-18(14,11-22)16(23)25-4/h10,12,14H,5-9,11H2,1-4H3,(H,19,24)/t12-,14-,18-/m1/s1. The fraction of sp³-hybridized carbons (Fsp3) is 0.722. The Morgan fingerprint density at radius 1 is 1.44 bits per heavy atom. The number of aromatic nitrogens is 2. The monoisotopic (exact) mass is 348 g/mol. The van der Waals surface area contributed by atoms with E-state index in [1.807, 2.05) is 27.1 Å². The lowest BCUT2D eigenvalue weighted by molar-refractivity contribution is -0.156. The normalized spacial score (nSPS) is 26.9. The van der Waals surface area contributed by atoms with E-state index in [1.165, 1.54) is 7.11 Å². The second-order valence-corrected chi connectivity index (χ2v) is 7.49. The van der Waals surface area contributed by atoms with Gasteiger partial charge in [-0.1, -0.05) is 12.8 Å². The number of hydrogen-bond acceptors (Lipinski definition) is 4. The van der Waals surface area contributed by atoms with Gasteiger partial charge < -0.3 is 15.0 Å². The van der Waals surface area contributed by atoms with Crippen LogP contribution in [0, 0.1) is 18.3 Å². The first-order valence-corrected chi connectivity index (χ1v) is 9.01. The summed E-state index contributed by atoms with van der Waals surface area (Å²) < 4.78 is 6.84. The van der Waals surface area contributed by atoms with E-state index >= 15 is 0 Å². The number of aryl methyl sites for hydroxylation is 2. The predicted molar refractivity (Wildman–Crippen MR) is 92.9 cm³/mol. The van der Waals surface area contributed by atoms with Crippen LogP contribution in [0.5, 0.6) is 0 Å². The molecule has 1 saturated heterocycles. The maximum absolute atomic E-state index is 12.8. The molecule has 1 saturated carbocycles. The second-order valence-electron chi connectivity index (χ2n) is 7.49. The first-order valence-electron chi connectivity index (χ1n) is 9.01. The number of carbonyl (C=O) groups is 2. The number of esters is 1. The predicted octanol–water partition coefficient (Wildman–Crippen LogP) is 2.16. The van der Waals surface area contributed by atoms with Gasteiger partial charge in [0.2, 0.25) is 0 Å². The lowest BCUT2D eigenvalue weighted by Gasteiger charge is -2.35. The van der Waals surface area contributed by atoms with Crippen molar-refractivity contribution in [2.24, 2.45) is 18.4 Å². The van der Waals surface area contributed by atoms with Crippen LogP contribution in [0.1, 0.15) is 49.9 Å². The van der Waals surface area contributed by atoms with Crippen molar-refractivity contribution < 1.29 is 14.3 Å². The molecule has 0 bridgehead atoms. The summed E-state index contributed by atoms with van der Waals surface area (Å²) in [6.45, 7) is 4.98. The van der Waals surface area contributed by atoms with E-state index in [0.29, 0.717) is 13.1 Å². The molecule has 2 fully saturated rings. The zero-order valence-electron chi connectivity index (χ0n) is 15.5. The number of carbonyl (C=O) groups excluding carboxylic acids is 2. The van der Waals surface area contributed by atoms with Crippen LogP contribution in [0.2, 0.25) is 0 Å². The molecule has 2 amide bonds. The highest BCUT2D eigenvalue weighted by atomic mass is 16.5. The van der Waals surface area contributed by atoms with Crippen LogP contribution in [-0.4, -0.2) is 46.9 Å². The van der Waals surface area contributed by atoms with E-state index in [4.69, 9.17) is 4.74 Å². The van der Waals surface area contributed by atoms with E-state index in [-0.39, 0.29) is 24.0 Å². The molecule has 138 valence electrons. The minimum Gasteiger partial charge on any atom is -0.469 e. The van der Waals surface area contributed by atoms with Gasteiger partial charge in [0.15, 0.2) is 0 Å². The summed E-state index contributed by atoms with van der Waals surface area (Å²) in [7, 11) is 3.31. The van der Waals surface area contributed by atoms with Gasteiger partial charge in [0, 0.05) is 31.9 Å². The molecule has 1 aromatic heterocycles. The number of amides is 2. The van der Waals surface area contributed by atoms with Gasteiger partial charge in [-0.2, -0.15) is 5.10 Å². The zero-order chi connectivity index (χ0) is 18.2. The van der Waals surface area contributed by atoms with E-state index in [9.17, 15) is 9.59 Å². The Kier molecular flexibility index (Phi) is 4.75. The fourth-order valence-electron chi connectivity index (χ4n) is 4.55. The third-order valence-corrected chi connectivity index (χ3v) is 5.86. The minimum absolute atomic E-state index is 0.117. The molecule has 3 rings (SSSR count). The van der Waals surface area contributed by atoms with Crippen molar-refractivity contribution in [1.29, 1.82) is 0 Å². The van der Waals surface area contributed by atoms with E-state index in [1.54, 1.807) is 9.58 Å². The van der Waals surface area contributed by atoms with Gasteiger partial charge in [-0.15, -0.1) is 0 Å². The number of fused-ring (bicyclic) bond motifs is 1. The van der Waals surface area contributed by atoms with Crippen molar-refractivity contribution in [2.75, 3.05) is 20.2 Å². The van der Waals surface area contributed by atoms with Crippen molar-refractivity contribution >= 4 is 12.0 Å². The Labute approximate surface area is 148 Å².